The molecule has 174 valence electrons. The van der Waals surface area contributed by atoms with Gasteiger partial charge < -0.3 is 15.1 Å². The minimum absolute atomic E-state index is 0.0520. The molecule has 9 heteroatoms. The van der Waals surface area contributed by atoms with Gasteiger partial charge in [-0.1, -0.05) is 43.5 Å². The van der Waals surface area contributed by atoms with E-state index in [0.29, 0.717) is 16.7 Å². The van der Waals surface area contributed by atoms with Gasteiger partial charge in [-0.15, -0.1) is 0 Å². The Bertz CT molecular complexity index is 1080. The van der Waals surface area contributed by atoms with Gasteiger partial charge >= 0.3 is 5.97 Å². The molecule has 1 amide bonds. The van der Waals surface area contributed by atoms with Crippen molar-refractivity contribution < 1.29 is 24.7 Å². The van der Waals surface area contributed by atoms with Crippen molar-refractivity contribution in [1.29, 1.82) is 0 Å². The van der Waals surface area contributed by atoms with Gasteiger partial charge in [0.1, 0.15) is 5.41 Å². The summed E-state index contributed by atoms with van der Waals surface area (Å²) in [6.07, 6.45) is 4.50. The summed E-state index contributed by atoms with van der Waals surface area (Å²) >= 11 is 2.13. The number of nitro benzene ring substituents is 1. The standard InChI is InChI=1S/C24H25IN2O6/c25-20-12-15(14-28)6-11-19(20)22-24(23(30)31,16-7-9-18(10-8-16)27(32)33)13-21(29)26(22)17-4-2-1-3-5-17/h6-12,17,22,28H,1-5,13-14H2,(H,30,31)/t22-,24-/m1/s1. The number of carboxylic acids is 1. The van der Waals surface area contributed by atoms with Crippen LogP contribution in [0.2, 0.25) is 0 Å². The average molecular weight is 564 g/mol. The first-order chi connectivity index (χ1) is 15.8. The van der Waals surface area contributed by atoms with E-state index in [-0.39, 0.29) is 30.7 Å². The van der Waals surface area contributed by atoms with E-state index in [9.17, 15) is 29.9 Å². The average Bonchev–Trinajstić information content (AvgIpc) is 3.13. The lowest BCUT2D eigenvalue weighted by Gasteiger charge is -2.41. The number of non-ortho nitro benzene ring substituents is 1. The summed E-state index contributed by atoms with van der Waals surface area (Å²) in [6.45, 7) is -0.140. The monoisotopic (exact) mass is 564 g/mol. The van der Waals surface area contributed by atoms with Gasteiger partial charge in [-0.3, -0.25) is 19.7 Å². The summed E-state index contributed by atoms with van der Waals surface area (Å²) in [6, 6.07) is 10.1. The molecule has 2 N–H and O–H groups in total. The van der Waals surface area contributed by atoms with E-state index < -0.39 is 22.3 Å². The summed E-state index contributed by atoms with van der Waals surface area (Å²) < 4.78 is 0.771. The molecule has 0 unspecified atom stereocenters. The van der Waals surface area contributed by atoms with Gasteiger partial charge in [0.2, 0.25) is 5.91 Å². The smallest absolute Gasteiger partial charge is 0.317 e. The molecule has 2 fully saturated rings. The van der Waals surface area contributed by atoms with E-state index in [2.05, 4.69) is 22.6 Å². The van der Waals surface area contributed by atoms with Crippen LogP contribution in [0.4, 0.5) is 5.69 Å². The molecule has 1 saturated carbocycles. The minimum Gasteiger partial charge on any atom is -0.480 e. The molecule has 33 heavy (non-hydrogen) atoms. The lowest BCUT2D eigenvalue weighted by Crippen LogP contribution is -2.46. The zero-order valence-electron chi connectivity index (χ0n) is 17.9. The normalized spacial score (nSPS) is 23.6. The number of nitrogens with zero attached hydrogens (tertiary/aromatic N) is 2. The Morgan fingerprint density at radius 1 is 1.15 bits per heavy atom. The van der Waals surface area contributed by atoms with E-state index in [1.54, 1.807) is 23.1 Å². The molecule has 0 bridgehead atoms. The Balaban J connectivity index is 1.92. The van der Waals surface area contributed by atoms with Crippen molar-refractivity contribution in [2.24, 2.45) is 0 Å². The SMILES string of the molecule is O=C1C[C@@](C(=O)O)(c2ccc([N+](=O)[O-])cc2)[C@@H](c2ccc(CO)cc2I)N1C1CCCCC1. The molecule has 1 aliphatic heterocycles. The Kier molecular flexibility index (Phi) is 6.71. The number of halogens is 1. The van der Waals surface area contributed by atoms with Crippen LogP contribution >= 0.6 is 22.6 Å². The Morgan fingerprint density at radius 3 is 2.36 bits per heavy atom. The lowest BCUT2D eigenvalue weighted by molar-refractivity contribution is -0.384. The Hall–Kier alpha value is -2.53. The van der Waals surface area contributed by atoms with Crippen LogP contribution in [0.25, 0.3) is 0 Å². The first-order valence-electron chi connectivity index (χ1n) is 11.0. The van der Waals surface area contributed by atoms with E-state index in [0.717, 1.165) is 35.7 Å². The number of nitro groups is 1. The van der Waals surface area contributed by atoms with Crippen LogP contribution in [-0.2, 0) is 21.6 Å². The van der Waals surface area contributed by atoms with E-state index in [1.807, 2.05) is 0 Å². The number of amides is 1. The molecule has 4 rings (SSSR count). The maximum absolute atomic E-state index is 13.5. The minimum atomic E-state index is -1.58. The van der Waals surface area contributed by atoms with Crippen LogP contribution in [0.5, 0.6) is 0 Å². The number of hydrogen-bond donors (Lipinski definition) is 2. The number of carbonyl (C=O) groups is 2. The third kappa shape index (κ3) is 4.12. The Labute approximate surface area is 204 Å². The summed E-state index contributed by atoms with van der Waals surface area (Å²) in [5.74, 6) is -1.34. The Morgan fingerprint density at radius 2 is 1.82 bits per heavy atom. The van der Waals surface area contributed by atoms with Crippen molar-refractivity contribution in [3.05, 3.63) is 72.8 Å². The number of likely N-dealkylation sites (tertiary alicyclic amines) is 1. The zero-order valence-corrected chi connectivity index (χ0v) is 20.1. The second kappa shape index (κ2) is 9.38. The molecular weight excluding hydrogens is 539 g/mol. The topological polar surface area (TPSA) is 121 Å². The second-order valence-electron chi connectivity index (χ2n) is 8.77. The summed E-state index contributed by atoms with van der Waals surface area (Å²) in [5.41, 5.74) is 0.0769. The molecule has 2 atom stereocenters. The molecule has 2 aromatic rings. The maximum Gasteiger partial charge on any atom is 0.317 e. The van der Waals surface area contributed by atoms with Gasteiger partial charge in [-0.2, -0.15) is 0 Å². The molecule has 1 aliphatic carbocycles. The highest BCUT2D eigenvalue weighted by molar-refractivity contribution is 14.1. The number of hydrogen-bond acceptors (Lipinski definition) is 5. The molecule has 8 nitrogen and oxygen atoms in total. The van der Waals surface area contributed by atoms with Gasteiger partial charge in [-0.05, 0) is 58.2 Å². The van der Waals surface area contributed by atoms with Gasteiger partial charge in [-0.25, -0.2) is 0 Å². The predicted octanol–water partition coefficient (Wildman–Crippen LogP) is 4.32. The third-order valence-corrected chi connectivity index (χ3v) is 7.88. The van der Waals surface area contributed by atoms with Crippen molar-refractivity contribution in [2.75, 3.05) is 0 Å². The molecule has 0 aromatic heterocycles. The molecular formula is C24H25IN2O6. The predicted molar refractivity (Wildman–Crippen MR) is 129 cm³/mol. The van der Waals surface area contributed by atoms with Gasteiger partial charge in [0.15, 0.2) is 0 Å². The van der Waals surface area contributed by atoms with Crippen molar-refractivity contribution in [2.45, 2.75) is 62.6 Å². The van der Waals surface area contributed by atoms with Gasteiger partial charge in [0, 0.05) is 28.2 Å². The highest BCUT2D eigenvalue weighted by atomic mass is 127. The molecule has 1 heterocycles. The quantitative estimate of drug-likeness (QED) is 0.306. The van der Waals surface area contributed by atoms with Crippen molar-refractivity contribution in [1.82, 2.24) is 4.90 Å². The number of carboxylic acid groups (broad SMARTS) is 1. The number of aliphatic carboxylic acids is 1. The van der Waals surface area contributed by atoms with Crippen LogP contribution < -0.4 is 0 Å². The van der Waals surface area contributed by atoms with E-state index >= 15 is 0 Å². The van der Waals surface area contributed by atoms with Crippen molar-refractivity contribution in [3.8, 4) is 0 Å². The van der Waals surface area contributed by atoms with Gasteiger partial charge in [0.05, 0.1) is 17.6 Å². The van der Waals surface area contributed by atoms with Gasteiger partial charge in [0.25, 0.3) is 5.69 Å². The summed E-state index contributed by atoms with van der Waals surface area (Å²) in [5, 5.41) is 31.3. The number of aliphatic hydroxyl groups is 1. The van der Waals surface area contributed by atoms with Crippen LogP contribution in [0.15, 0.2) is 42.5 Å². The van der Waals surface area contributed by atoms with E-state index in [4.69, 9.17) is 0 Å². The highest BCUT2D eigenvalue weighted by Gasteiger charge is 2.60. The van der Waals surface area contributed by atoms with Crippen LogP contribution in [0, 0.1) is 13.7 Å². The molecule has 2 aliphatic rings. The highest BCUT2D eigenvalue weighted by Crippen LogP contribution is 2.53. The fourth-order valence-electron chi connectivity index (χ4n) is 5.34. The molecule has 1 saturated heterocycles. The zero-order chi connectivity index (χ0) is 23.8. The van der Waals surface area contributed by atoms with Crippen molar-refractivity contribution >= 4 is 40.2 Å². The number of rotatable bonds is 6. The summed E-state index contributed by atoms with van der Waals surface area (Å²) in [7, 11) is 0. The fourth-order valence-corrected chi connectivity index (χ4v) is 6.22. The van der Waals surface area contributed by atoms with Crippen LogP contribution in [0.1, 0.15) is 61.3 Å². The molecule has 2 aromatic carbocycles. The second-order valence-corrected chi connectivity index (χ2v) is 9.93. The fraction of sp³-hybridized carbons (Fsp3) is 0.417. The number of aliphatic hydroxyl groups excluding tert-OH is 1. The molecule has 0 radical (unpaired) electrons. The lowest BCUT2D eigenvalue weighted by atomic mass is 9.71. The largest absolute Gasteiger partial charge is 0.480 e. The van der Waals surface area contributed by atoms with Crippen molar-refractivity contribution in [3.63, 3.8) is 0 Å². The first-order valence-corrected chi connectivity index (χ1v) is 12.1. The van der Waals surface area contributed by atoms with Crippen LogP contribution in [-0.4, -0.2) is 38.0 Å². The third-order valence-electron chi connectivity index (χ3n) is 6.95. The maximum atomic E-state index is 13.5. The number of benzene rings is 2. The van der Waals surface area contributed by atoms with E-state index in [1.165, 1.54) is 24.3 Å². The first kappa shape index (κ1) is 23.6. The molecule has 0 spiro atoms. The number of carbonyl (C=O) groups excluding carboxylic acids is 1. The summed E-state index contributed by atoms with van der Waals surface area (Å²) in [4.78, 5) is 38.8. The van der Waals surface area contributed by atoms with Crippen LogP contribution in [0.3, 0.4) is 0 Å².